The second kappa shape index (κ2) is 11.1. The Balaban J connectivity index is 1.20. The number of carbonyl (C=O) groups is 1. The molecule has 0 unspecified atom stereocenters. The molecule has 2 N–H and O–H groups in total. The molecular formula is C29H25ClN6O2. The van der Waals surface area contributed by atoms with E-state index >= 15 is 0 Å². The number of H-pyrrole nitrogens is 1. The van der Waals surface area contributed by atoms with Gasteiger partial charge in [0.1, 0.15) is 18.1 Å². The molecule has 0 saturated carbocycles. The molecule has 0 atom stereocenters. The maximum atomic E-state index is 12.6. The van der Waals surface area contributed by atoms with Crippen molar-refractivity contribution in [1.82, 2.24) is 25.4 Å². The van der Waals surface area contributed by atoms with Crippen LogP contribution in [0.5, 0.6) is 5.75 Å². The number of hydrogen-bond donors (Lipinski definition) is 2. The van der Waals surface area contributed by atoms with Gasteiger partial charge < -0.3 is 4.74 Å². The van der Waals surface area contributed by atoms with E-state index in [0.29, 0.717) is 23.0 Å². The molecule has 3 aromatic carbocycles. The second-order valence-corrected chi connectivity index (χ2v) is 9.07. The summed E-state index contributed by atoms with van der Waals surface area (Å²) in [7, 11) is 0. The Labute approximate surface area is 224 Å². The summed E-state index contributed by atoms with van der Waals surface area (Å²) in [5.74, 6) is 0.335. The largest absolute Gasteiger partial charge is 0.489 e. The first-order valence-electron chi connectivity index (χ1n) is 12.0. The summed E-state index contributed by atoms with van der Waals surface area (Å²) < 4.78 is 7.69. The predicted molar refractivity (Wildman–Crippen MR) is 148 cm³/mol. The molecule has 0 aliphatic heterocycles. The molecule has 38 heavy (non-hydrogen) atoms. The van der Waals surface area contributed by atoms with Crippen molar-refractivity contribution in [2.45, 2.75) is 20.5 Å². The van der Waals surface area contributed by atoms with Gasteiger partial charge in [0.2, 0.25) is 0 Å². The number of carbonyl (C=O) groups excluding carboxylic acids is 1. The summed E-state index contributed by atoms with van der Waals surface area (Å²) in [5.41, 5.74) is 8.92. The highest BCUT2D eigenvalue weighted by Gasteiger charge is 2.13. The van der Waals surface area contributed by atoms with Crippen molar-refractivity contribution in [2.75, 3.05) is 0 Å². The standard InChI is InChI=1S/C29H25ClN6O2/c1-19-26(20(2)36(35-19)24-6-4-3-5-7-24)17-31-34-29(37)28-16-27(32-33-28)22-10-14-25(15-11-22)38-18-21-8-12-23(30)13-9-21/h3-17H,18H2,1-2H3,(H,32,33)(H,34,37). The van der Waals surface area contributed by atoms with E-state index in [-0.39, 0.29) is 0 Å². The zero-order chi connectivity index (χ0) is 26.5. The van der Waals surface area contributed by atoms with E-state index in [0.717, 1.165) is 39.5 Å². The van der Waals surface area contributed by atoms with Crippen LogP contribution in [0.1, 0.15) is 33.0 Å². The molecule has 5 aromatic rings. The minimum atomic E-state index is -0.395. The Morgan fingerprint density at radius 2 is 1.79 bits per heavy atom. The van der Waals surface area contributed by atoms with Gasteiger partial charge in [-0.25, -0.2) is 10.1 Å². The number of rotatable bonds is 8. The number of nitrogens with one attached hydrogen (secondary N) is 2. The molecule has 0 aliphatic carbocycles. The number of aromatic amines is 1. The summed E-state index contributed by atoms with van der Waals surface area (Å²) in [6.07, 6.45) is 1.61. The van der Waals surface area contributed by atoms with Crippen LogP contribution in [0.2, 0.25) is 5.02 Å². The molecule has 5 rings (SSSR count). The Morgan fingerprint density at radius 1 is 1.05 bits per heavy atom. The van der Waals surface area contributed by atoms with Gasteiger partial charge in [-0.3, -0.25) is 9.89 Å². The Bertz CT molecular complexity index is 1570. The first-order chi connectivity index (χ1) is 18.5. The lowest BCUT2D eigenvalue weighted by Gasteiger charge is -2.07. The van der Waals surface area contributed by atoms with Gasteiger partial charge in [0, 0.05) is 16.1 Å². The SMILES string of the molecule is Cc1nn(-c2ccccc2)c(C)c1C=NNC(=O)c1cc(-c2ccc(OCc3ccc(Cl)cc3)cc2)n[nH]1. The molecule has 2 heterocycles. The number of nitrogens with zero attached hydrogens (tertiary/aromatic N) is 4. The lowest BCUT2D eigenvalue weighted by Crippen LogP contribution is -2.18. The van der Waals surface area contributed by atoms with Crippen LogP contribution in [0.4, 0.5) is 0 Å². The van der Waals surface area contributed by atoms with E-state index in [1.165, 1.54) is 0 Å². The highest BCUT2D eigenvalue weighted by Crippen LogP contribution is 2.22. The number of aryl methyl sites for hydroxylation is 1. The summed E-state index contributed by atoms with van der Waals surface area (Å²) in [5, 5.41) is 16.5. The number of halogens is 1. The normalized spacial score (nSPS) is 11.1. The van der Waals surface area contributed by atoms with Crippen molar-refractivity contribution >= 4 is 23.7 Å². The molecule has 0 bridgehead atoms. The third-order valence-corrected chi connectivity index (χ3v) is 6.25. The van der Waals surface area contributed by atoms with E-state index in [2.05, 4.69) is 25.8 Å². The molecule has 0 radical (unpaired) electrons. The molecule has 2 aromatic heterocycles. The van der Waals surface area contributed by atoms with Gasteiger partial charge in [0.25, 0.3) is 5.91 Å². The second-order valence-electron chi connectivity index (χ2n) is 8.64. The van der Waals surface area contributed by atoms with Crippen LogP contribution >= 0.6 is 11.6 Å². The average Bonchev–Trinajstić information content (AvgIpc) is 3.54. The van der Waals surface area contributed by atoms with Crippen molar-refractivity contribution in [3.8, 4) is 22.7 Å². The third kappa shape index (κ3) is 5.66. The highest BCUT2D eigenvalue weighted by molar-refractivity contribution is 6.30. The molecule has 1 amide bonds. The maximum absolute atomic E-state index is 12.6. The minimum absolute atomic E-state index is 0.300. The lowest BCUT2D eigenvalue weighted by atomic mass is 10.1. The Hall–Kier alpha value is -4.69. The van der Waals surface area contributed by atoms with Gasteiger partial charge in [0.15, 0.2) is 0 Å². The van der Waals surface area contributed by atoms with Crippen LogP contribution in [-0.4, -0.2) is 32.1 Å². The van der Waals surface area contributed by atoms with Gasteiger partial charge in [-0.2, -0.15) is 15.3 Å². The number of benzene rings is 3. The molecule has 0 spiro atoms. The number of aromatic nitrogens is 4. The molecule has 190 valence electrons. The quantitative estimate of drug-likeness (QED) is 0.196. The first-order valence-corrected chi connectivity index (χ1v) is 12.3. The molecule has 9 heteroatoms. The van der Waals surface area contributed by atoms with Gasteiger partial charge in [-0.05, 0) is 74.0 Å². The average molecular weight is 525 g/mol. The van der Waals surface area contributed by atoms with Crippen molar-refractivity contribution in [3.63, 3.8) is 0 Å². The lowest BCUT2D eigenvalue weighted by molar-refractivity contribution is 0.0950. The van der Waals surface area contributed by atoms with E-state index < -0.39 is 5.91 Å². The van der Waals surface area contributed by atoms with Crippen molar-refractivity contribution in [3.05, 3.63) is 118 Å². The van der Waals surface area contributed by atoms with Gasteiger partial charge >= 0.3 is 0 Å². The smallest absolute Gasteiger partial charge is 0.289 e. The number of hydrogen-bond acceptors (Lipinski definition) is 5. The summed E-state index contributed by atoms with van der Waals surface area (Å²) in [4.78, 5) is 12.6. The highest BCUT2D eigenvalue weighted by atomic mass is 35.5. The summed E-state index contributed by atoms with van der Waals surface area (Å²) in [6, 6.07) is 26.6. The third-order valence-electron chi connectivity index (χ3n) is 6.00. The maximum Gasteiger partial charge on any atom is 0.289 e. The fourth-order valence-corrected chi connectivity index (χ4v) is 4.06. The molecule has 0 fully saturated rings. The van der Waals surface area contributed by atoms with Crippen molar-refractivity contribution < 1.29 is 9.53 Å². The van der Waals surface area contributed by atoms with Crippen LogP contribution in [0.25, 0.3) is 16.9 Å². The number of hydrazone groups is 1. The molecular weight excluding hydrogens is 500 g/mol. The van der Waals surface area contributed by atoms with E-state index in [1.54, 1.807) is 12.3 Å². The van der Waals surface area contributed by atoms with Gasteiger partial charge in [0.05, 0.1) is 29.0 Å². The van der Waals surface area contributed by atoms with Crippen LogP contribution < -0.4 is 10.2 Å². The van der Waals surface area contributed by atoms with Crippen LogP contribution in [0, 0.1) is 13.8 Å². The van der Waals surface area contributed by atoms with E-state index in [1.807, 2.05) is 97.4 Å². The summed E-state index contributed by atoms with van der Waals surface area (Å²) >= 11 is 5.92. The first kappa shape index (κ1) is 25.0. The van der Waals surface area contributed by atoms with Crippen LogP contribution in [0.3, 0.4) is 0 Å². The molecule has 0 saturated heterocycles. The van der Waals surface area contributed by atoms with Crippen LogP contribution in [0.15, 0.2) is 90.0 Å². The van der Waals surface area contributed by atoms with Crippen molar-refractivity contribution in [1.29, 1.82) is 0 Å². The molecule has 8 nitrogen and oxygen atoms in total. The number of amides is 1. The zero-order valence-corrected chi connectivity index (χ0v) is 21.6. The fraction of sp³-hybridized carbons (Fsp3) is 0.103. The monoisotopic (exact) mass is 524 g/mol. The zero-order valence-electron chi connectivity index (χ0n) is 20.9. The van der Waals surface area contributed by atoms with Gasteiger partial charge in [-0.15, -0.1) is 0 Å². The topological polar surface area (TPSA) is 97.2 Å². The van der Waals surface area contributed by atoms with Crippen molar-refractivity contribution in [2.24, 2.45) is 5.10 Å². The minimum Gasteiger partial charge on any atom is -0.489 e. The Kier molecular flexibility index (Phi) is 7.33. The van der Waals surface area contributed by atoms with Gasteiger partial charge in [-0.1, -0.05) is 41.9 Å². The molecule has 0 aliphatic rings. The van der Waals surface area contributed by atoms with E-state index in [4.69, 9.17) is 16.3 Å². The predicted octanol–water partition coefficient (Wildman–Crippen LogP) is 5.88. The van der Waals surface area contributed by atoms with E-state index in [9.17, 15) is 4.79 Å². The fourth-order valence-electron chi connectivity index (χ4n) is 3.93. The van der Waals surface area contributed by atoms with Crippen LogP contribution in [-0.2, 0) is 6.61 Å². The summed E-state index contributed by atoms with van der Waals surface area (Å²) in [6.45, 7) is 4.31. The Morgan fingerprint density at radius 3 is 2.53 bits per heavy atom. The number of para-hydroxylation sites is 1. The number of ether oxygens (including phenoxy) is 1.